The summed E-state index contributed by atoms with van der Waals surface area (Å²) >= 11 is 0. The Kier molecular flexibility index (Phi) is 6.66. The summed E-state index contributed by atoms with van der Waals surface area (Å²) in [6.07, 6.45) is 8.36. The molecule has 0 radical (unpaired) electrons. The first-order valence-electron chi connectivity index (χ1n) is 13.8. The number of nitrogens with one attached hydrogen (secondary N) is 2. The molecule has 3 N–H and O–H groups in total. The highest BCUT2D eigenvalue weighted by atomic mass is 16.5. The topological polar surface area (TPSA) is 135 Å². The summed E-state index contributed by atoms with van der Waals surface area (Å²) < 4.78 is 6.89. The van der Waals surface area contributed by atoms with E-state index >= 15 is 0 Å². The van der Waals surface area contributed by atoms with E-state index in [0.29, 0.717) is 29.1 Å². The zero-order valence-corrected chi connectivity index (χ0v) is 23.0. The van der Waals surface area contributed by atoms with Crippen molar-refractivity contribution in [2.24, 2.45) is 23.2 Å². The molecule has 0 spiro atoms. The largest absolute Gasteiger partial charge is 0.439 e. The van der Waals surface area contributed by atoms with Crippen LogP contribution in [0.4, 0.5) is 5.82 Å². The van der Waals surface area contributed by atoms with Crippen LogP contribution in [0.2, 0.25) is 0 Å². The van der Waals surface area contributed by atoms with Crippen molar-refractivity contribution in [1.82, 2.24) is 29.7 Å². The maximum atomic E-state index is 11.8. The third-order valence-electron chi connectivity index (χ3n) is 8.95. The van der Waals surface area contributed by atoms with Crippen LogP contribution < -0.4 is 11.1 Å². The van der Waals surface area contributed by atoms with Gasteiger partial charge in [0.25, 0.3) is 0 Å². The lowest BCUT2D eigenvalue weighted by molar-refractivity contribution is -0.0573. The van der Waals surface area contributed by atoms with Crippen LogP contribution >= 0.6 is 0 Å². The monoisotopic (exact) mass is 511 g/mol. The highest BCUT2D eigenvalue weighted by Gasteiger charge is 2.42. The van der Waals surface area contributed by atoms with E-state index in [1.165, 1.54) is 32.1 Å². The average molecular weight is 512 g/mol. The predicted molar refractivity (Wildman–Crippen MR) is 142 cm³/mol. The minimum absolute atomic E-state index is 0.159. The smallest absolute Gasteiger partial charge is 0.382 e. The Balaban J connectivity index is 1.69. The second kappa shape index (κ2) is 9.53. The Labute approximate surface area is 217 Å². The van der Waals surface area contributed by atoms with Gasteiger partial charge in [-0.05, 0) is 62.7 Å². The maximum absolute atomic E-state index is 11.8. The summed E-state index contributed by atoms with van der Waals surface area (Å²) in [5, 5.41) is 19.3. The molecule has 2 fully saturated rings. The van der Waals surface area contributed by atoms with E-state index in [9.17, 15) is 9.90 Å². The second-order valence-electron chi connectivity index (χ2n) is 12.6. The molecule has 0 saturated heterocycles. The number of aliphatic hydroxyl groups is 1. The van der Waals surface area contributed by atoms with E-state index in [2.05, 4.69) is 33.9 Å². The summed E-state index contributed by atoms with van der Waals surface area (Å²) in [6, 6.07) is 0.210. The molecule has 37 heavy (non-hydrogen) atoms. The molecule has 0 bridgehead atoms. The Hall–Kier alpha value is -2.75. The van der Waals surface area contributed by atoms with Crippen molar-refractivity contribution in [3.8, 4) is 11.6 Å². The Morgan fingerprint density at radius 3 is 2.38 bits per heavy atom. The van der Waals surface area contributed by atoms with Crippen molar-refractivity contribution in [3.05, 3.63) is 16.4 Å². The summed E-state index contributed by atoms with van der Waals surface area (Å²) in [4.78, 5) is 28.7. The molecule has 2 aliphatic rings. The molecular weight excluding hydrogens is 470 g/mol. The molecule has 3 aromatic heterocycles. The molecule has 1 unspecified atom stereocenters. The zero-order valence-electron chi connectivity index (χ0n) is 23.0. The quantitative estimate of drug-likeness (QED) is 0.410. The van der Waals surface area contributed by atoms with Gasteiger partial charge in [-0.2, -0.15) is 0 Å². The van der Waals surface area contributed by atoms with Crippen LogP contribution in [0.5, 0.6) is 0 Å². The van der Waals surface area contributed by atoms with Gasteiger partial charge < -0.3 is 15.0 Å². The van der Waals surface area contributed by atoms with Crippen LogP contribution in [-0.4, -0.2) is 40.8 Å². The molecule has 202 valence electrons. The number of anilines is 1. The van der Waals surface area contributed by atoms with E-state index in [0.717, 1.165) is 30.8 Å². The average Bonchev–Trinajstić information content (AvgIpc) is 3.37. The van der Waals surface area contributed by atoms with Crippen molar-refractivity contribution in [2.75, 3.05) is 5.32 Å². The minimum atomic E-state index is -1.21. The molecular formula is C27H41N7O3. The number of hydrogen-bond acceptors (Lipinski definition) is 8. The van der Waals surface area contributed by atoms with E-state index < -0.39 is 16.8 Å². The first-order valence-corrected chi connectivity index (χ1v) is 13.8. The van der Waals surface area contributed by atoms with E-state index in [1.54, 1.807) is 0 Å². The van der Waals surface area contributed by atoms with Gasteiger partial charge >= 0.3 is 5.76 Å². The highest BCUT2D eigenvalue weighted by molar-refractivity contribution is 5.86. The van der Waals surface area contributed by atoms with Crippen molar-refractivity contribution < 1.29 is 9.63 Å². The third-order valence-corrected chi connectivity index (χ3v) is 8.95. The van der Waals surface area contributed by atoms with Crippen molar-refractivity contribution in [2.45, 2.75) is 105 Å². The zero-order chi connectivity index (χ0) is 26.5. The molecule has 10 heteroatoms. The van der Waals surface area contributed by atoms with Crippen LogP contribution in [0, 0.1) is 23.2 Å². The molecule has 0 aliphatic heterocycles. The number of hydrogen-bond donors (Lipinski definition) is 3. The number of aromatic nitrogens is 6. The fraction of sp³-hybridized carbons (Fsp3) is 0.741. The predicted octanol–water partition coefficient (Wildman–Crippen LogP) is 4.85. The molecule has 0 aromatic carbocycles. The van der Waals surface area contributed by atoms with Gasteiger partial charge in [-0.1, -0.05) is 52.1 Å². The number of aromatic amines is 1. The van der Waals surface area contributed by atoms with Crippen LogP contribution in [0.15, 0.2) is 9.32 Å². The normalized spacial score (nSPS) is 23.5. The molecule has 5 rings (SSSR count). The summed E-state index contributed by atoms with van der Waals surface area (Å²) in [7, 11) is 0. The second-order valence-corrected chi connectivity index (χ2v) is 12.6. The van der Waals surface area contributed by atoms with Crippen LogP contribution in [-0.2, 0) is 12.1 Å². The first-order chi connectivity index (χ1) is 17.4. The molecule has 10 nitrogen and oxygen atoms in total. The van der Waals surface area contributed by atoms with Gasteiger partial charge in [-0.3, -0.25) is 9.51 Å². The van der Waals surface area contributed by atoms with E-state index in [4.69, 9.17) is 19.5 Å². The Bertz CT molecular complexity index is 1300. The van der Waals surface area contributed by atoms with Gasteiger partial charge in [0.15, 0.2) is 11.5 Å². The lowest BCUT2D eigenvalue weighted by Gasteiger charge is -2.37. The summed E-state index contributed by atoms with van der Waals surface area (Å²) in [6.45, 7) is 13.2. The van der Waals surface area contributed by atoms with Crippen LogP contribution in [0.3, 0.4) is 0 Å². The maximum Gasteiger partial charge on any atom is 0.439 e. The van der Waals surface area contributed by atoms with Gasteiger partial charge in [-0.25, -0.2) is 19.7 Å². The number of imidazole rings is 1. The molecule has 3 heterocycles. The lowest BCUT2D eigenvalue weighted by Crippen LogP contribution is -2.40. The highest BCUT2D eigenvalue weighted by Crippen LogP contribution is 2.42. The molecule has 0 amide bonds. The first kappa shape index (κ1) is 25.9. The van der Waals surface area contributed by atoms with Gasteiger partial charge in [0.05, 0.1) is 0 Å². The number of nitrogens with zero attached hydrogens (tertiary/aromatic N) is 5. The fourth-order valence-corrected chi connectivity index (χ4v) is 5.50. The lowest BCUT2D eigenvalue weighted by atomic mass is 9.77. The van der Waals surface area contributed by atoms with E-state index in [1.807, 2.05) is 27.7 Å². The molecule has 2 atom stereocenters. The fourth-order valence-electron chi connectivity index (χ4n) is 5.50. The van der Waals surface area contributed by atoms with Gasteiger partial charge in [-0.15, -0.1) is 0 Å². The number of fused-ring (bicyclic) bond motifs is 1. The number of rotatable bonds is 7. The van der Waals surface area contributed by atoms with E-state index in [-0.39, 0.29) is 17.7 Å². The van der Waals surface area contributed by atoms with Crippen LogP contribution in [0.1, 0.15) is 92.3 Å². The van der Waals surface area contributed by atoms with Gasteiger partial charge in [0.1, 0.15) is 16.9 Å². The molecule has 2 aliphatic carbocycles. The standard InChI is InChI=1S/C27H41N7O3/c1-15-10-12-17(13-11-15)14-34-19-20(28-16(2)18-8-7-9-18)29-22(23-32-25(35)37-33-23)30-21(19)31-24(34)27(6,36)26(3,4)5/h15-18,36H,7-14H2,1-6H3,(H,28,29,30)(H,32,33,35)/t15-,16-,17-,27?/m1/s1. The molecule has 3 aromatic rings. The van der Waals surface area contributed by atoms with Gasteiger partial charge in [0.2, 0.25) is 11.6 Å². The van der Waals surface area contributed by atoms with Gasteiger partial charge in [0, 0.05) is 12.6 Å². The van der Waals surface area contributed by atoms with Crippen LogP contribution in [0.25, 0.3) is 22.8 Å². The minimum Gasteiger partial charge on any atom is -0.382 e. The number of H-pyrrole nitrogens is 1. The Morgan fingerprint density at radius 2 is 1.81 bits per heavy atom. The van der Waals surface area contributed by atoms with Crippen molar-refractivity contribution in [1.29, 1.82) is 0 Å². The summed E-state index contributed by atoms with van der Waals surface area (Å²) in [5.41, 5.74) is -0.414. The SMILES string of the molecule is C[C@@H](Nc1nc(-c2noc(=O)[nH]2)nc2nc(C(C)(O)C(C)(C)C)n(C[C@H]3CC[C@H](C)CC3)c12)C1CCC1. The third kappa shape index (κ3) is 4.92. The van der Waals surface area contributed by atoms with Crippen molar-refractivity contribution >= 4 is 17.0 Å². The summed E-state index contributed by atoms with van der Waals surface area (Å²) in [5.74, 6) is 2.80. The van der Waals surface area contributed by atoms with Crippen molar-refractivity contribution in [3.63, 3.8) is 0 Å². The Morgan fingerprint density at radius 1 is 1.11 bits per heavy atom. The molecule has 2 saturated carbocycles.